The average molecular weight is 210 g/mol. The minimum absolute atomic E-state index is 0.0272. The van der Waals surface area contributed by atoms with Crippen molar-refractivity contribution < 1.29 is 14.3 Å². The van der Waals surface area contributed by atoms with Gasteiger partial charge in [0, 0.05) is 6.61 Å². The number of carbonyl (C=O) groups excluding carboxylic acids is 1. The van der Waals surface area contributed by atoms with E-state index in [9.17, 15) is 4.79 Å². The van der Waals surface area contributed by atoms with Gasteiger partial charge in [0.2, 0.25) is 5.78 Å². The molecule has 2 aliphatic heterocycles. The molecule has 1 fully saturated rings. The van der Waals surface area contributed by atoms with Gasteiger partial charge in [-0.05, 0) is 31.8 Å². The minimum atomic E-state index is 0.0272. The Morgan fingerprint density at radius 1 is 1.53 bits per heavy atom. The summed E-state index contributed by atoms with van der Waals surface area (Å²) < 4.78 is 10.9. The van der Waals surface area contributed by atoms with Crippen LogP contribution in [0.2, 0.25) is 0 Å². The Balaban J connectivity index is 2.03. The molecule has 1 saturated heterocycles. The van der Waals surface area contributed by atoms with Crippen molar-refractivity contribution in [3.63, 3.8) is 0 Å². The Bertz CT molecular complexity index is 270. The van der Waals surface area contributed by atoms with E-state index in [1.54, 1.807) is 0 Å². The smallest absolute Gasteiger partial charge is 0.202 e. The molecule has 0 spiro atoms. The summed E-state index contributed by atoms with van der Waals surface area (Å²) in [4.78, 5) is 12.1. The molecule has 15 heavy (non-hydrogen) atoms. The van der Waals surface area contributed by atoms with Gasteiger partial charge in [-0.1, -0.05) is 6.92 Å². The van der Waals surface area contributed by atoms with Crippen molar-refractivity contribution in [2.45, 2.75) is 38.7 Å². The Morgan fingerprint density at radius 2 is 2.40 bits per heavy atom. The van der Waals surface area contributed by atoms with Crippen LogP contribution in [0.25, 0.3) is 0 Å². The third-order valence-corrected chi connectivity index (χ3v) is 3.13. The number of rotatable bonds is 3. The van der Waals surface area contributed by atoms with E-state index in [0.717, 1.165) is 25.7 Å². The molecule has 0 amide bonds. The average Bonchev–Trinajstić information content (AvgIpc) is 2.77. The van der Waals surface area contributed by atoms with Crippen molar-refractivity contribution in [3.8, 4) is 0 Å². The number of carbonyl (C=O) groups is 1. The van der Waals surface area contributed by atoms with E-state index in [1.807, 2.05) is 6.08 Å². The molecule has 2 unspecified atom stereocenters. The molecule has 0 bridgehead atoms. The molecule has 3 heteroatoms. The van der Waals surface area contributed by atoms with Gasteiger partial charge < -0.3 is 9.47 Å². The largest absolute Gasteiger partial charge is 0.490 e. The third-order valence-electron chi connectivity index (χ3n) is 3.13. The SMILES string of the molecule is CCC1OCCC1C(=O)C1=CCCCO1. The van der Waals surface area contributed by atoms with Gasteiger partial charge in [0.05, 0.1) is 18.6 Å². The molecule has 0 aromatic carbocycles. The second-order valence-electron chi connectivity index (χ2n) is 4.14. The highest BCUT2D eigenvalue weighted by atomic mass is 16.5. The van der Waals surface area contributed by atoms with Gasteiger partial charge >= 0.3 is 0 Å². The van der Waals surface area contributed by atoms with Crippen LogP contribution in [0.1, 0.15) is 32.6 Å². The zero-order valence-electron chi connectivity index (χ0n) is 9.20. The van der Waals surface area contributed by atoms with Crippen LogP contribution in [0.15, 0.2) is 11.8 Å². The lowest BCUT2D eigenvalue weighted by Gasteiger charge is -2.19. The molecular formula is C12H18O3. The lowest BCUT2D eigenvalue weighted by Crippen LogP contribution is -2.26. The van der Waals surface area contributed by atoms with E-state index in [4.69, 9.17) is 9.47 Å². The van der Waals surface area contributed by atoms with Crippen LogP contribution in [-0.2, 0) is 14.3 Å². The molecule has 0 aromatic rings. The van der Waals surface area contributed by atoms with Gasteiger partial charge in [-0.15, -0.1) is 0 Å². The second kappa shape index (κ2) is 4.79. The topological polar surface area (TPSA) is 35.5 Å². The van der Waals surface area contributed by atoms with Crippen LogP contribution in [0.3, 0.4) is 0 Å². The first-order valence-electron chi connectivity index (χ1n) is 5.81. The van der Waals surface area contributed by atoms with Crippen molar-refractivity contribution in [1.29, 1.82) is 0 Å². The predicted octanol–water partition coefficient (Wildman–Crippen LogP) is 2.06. The monoisotopic (exact) mass is 210 g/mol. The van der Waals surface area contributed by atoms with Gasteiger partial charge in [-0.25, -0.2) is 0 Å². The summed E-state index contributed by atoms with van der Waals surface area (Å²) in [5.74, 6) is 0.758. The maximum absolute atomic E-state index is 12.1. The molecule has 0 aromatic heterocycles. The lowest BCUT2D eigenvalue weighted by atomic mass is 9.93. The molecule has 0 N–H and O–H groups in total. The van der Waals surface area contributed by atoms with Crippen LogP contribution in [-0.4, -0.2) is 25.1 Å². The first kappa shape index (κ1) is 10.7. The Morgan fingerprint density at radius 3 is 3.07 bits per heavy atom. The van der Waals surface area contributed by atoms with Crippen molar-refractivity contribution in [3.05, 3.63) is 11.8 Å². The number of allylic oxidation sites excluding steroid dienone is 2. The lowest BCUT2D eigenvalue weighted by molar-refractivity contribution is -0.124. The number of hydrogen-bond acceptors (Lipinski definition) is 3. The number of Topliss-reactive ketones (excluding diaryl/α,β-unsaturated/α-hetero) is 1. The van der Waals surface area contributed by atoms with Crippen LogP contribution in [0.4, 0.5) is 0 Å². The second-order valence-corrected chi connectivity index (χ2v) is 4.14. The molecule has 2 heterocycles. The van der Waals surface area contributed by atoms with Crippen LogP contribution >= 0.6 is 0 Å². The Hall–Kier alpha value is -0.830. The number of ketones is 1. The van der Waals surface area contributed by atoms with Gasteiger partial charge in [0.1, 0.15) is 0 Å². The highest BCUT2D eigenvalue weighted by molar-refractivity contribution is 5.96. The fourth-order valence-electron chi connectivity index (χ4n) is 2.26. The van der Waals surface area contributed by atoms with E-state index in [-0.39, 0.29) is 17.8 Å². The zero-order valence-corrected chi connectivity index (χ0v) is 9.20. The van der Waals surface area contributed by atoms with E-state index in [0.29, 0.717) is 19.0 Å². The minimum Gasteiger partial charge on any atom is -0.490 e. The Kier molecular flexibility index (Phi) is 3.41. The summed E-state index contributed by atoms with van der Waals surface area (Å²) in [5, 5.41) is 0. The van der Waals surface area contributed by atoms with Crippen LogP contribution in [0, 0.1) is 5.92 Å². The van der Waals surface area contributed by atoms with E-state index < -0.39 is 0 Å². The molecule has 0 aliphatic carbocycles. The standard InChI is InChI=1S/C12H18O3/c1-2-10-9(6-8-15-10)12(13)11-5-3-4-7-14-11/h5,9-10H,2-4,6-8H2,1H3. The molecule has 2 atom stereocenters. The van der Waals surface area contributed by atoms with Crippen LogP contribution in [0.5, 0.6) is 0 Å². The van der Waals surface area contributed by atoms with Crippen molar-refractivity contribution in [2.24, 2.45) is 5.92 Å². The van der Waals surface area contributed by atoms with Crippen LogP contribution < -0.4 is 0 Å². The fraction of sp³-hybridized carbons (Fsp3) is 0.750. The van der Waals surface area contributed by atoms with E-state index in [2.05, 4.69) is 6.92 Å². The Labute approximate surface area is 90.4 Å². The number of ether oxygens (including phenoxy) is 2. The predicted molar refractivity (Wildman–Crippen MR) is 56.4 cm³/mol. The third kappa shape index (κ3) is 2.23. The first-order chi connectivity index (χ1) is 7.33. The zero-order chi connectivity index (χ0) is 10.7. The molecule has 2 aliphatic rings. The molecule has 0 radical (unpaired) electrons. The summed E-state index contributed by atoms with van der Waals surface area (Å²) in [7, 11) is 0. The van der Waals surface area contributed by atoms with Gasteiger partial charge in [0.15, 0.2) is 5.76 Å². The summed E-state index contributed by atoms with van der Waals surface area (Å²) in [6, 6.07) is 0. The highest BCUT2D eigenvalue weighted by Crippen LogP contribution is 2.28. The normalized spacial score (nSPS) is 30.9. The maximum Gasteiger partial charge on any atom is 0.202 e. The first-order valence-corrected chi connectivity index (χ1v) is 5.81. The molecular weight excluding hydrogens is 192 g/mol. The molecule has 3 nitrogen and oxygen atoms in total. The fourth-order valence-corrected chi connectivity index (χ4v) is 2.26. The summed E-state index contributed by atoms with van der Waals surface area (Å²) in [6.45, 7) is 3.45. The van der Waals surface area contributed by atoms with E-state index in [1.165, 1.54) is 0 Å². The summed E-state index contributed by atoms with van der Waals surface area (Å²) >= 11 is 0. The quantitative estimate of drug-likeness (QED) is 0.715. The summed E-state index contributed by atoms with van der Waals surface area (Å²) in [5.41, 5.74) is 0. The highest BCUT2D eigenvalue weighted by Gasteiger charge is 2.35. The molecule has 84 valence electrons. The molecule has 2 rings (SSSR count). The van der Waals surface area contributed by atoms with E-state index >= 15 is 0 Å². The number of hydrogen-bond donors (Lipinski definition) is 0. The van der Waals surface area contributed by atoms with Crippen molar-refractivity contribution in [2.75, 3.05) is 13.2 Å². The van der Waals surface area contributed by atoms with Gasteiger partial charge in [-0.2, -0.15) is 0 Å². The van der Waals surface area contributed by atoms with Crippen molar-refractivity contribution in [1.82, 2.24) is 0 Å². The van der Waals surface area contributed by atoms with Crippen molar-refractivity contribution >= 4 is 5.78 Å². The van der Waals surface area contributed by atoms with Gasteiger partial charge in [-0.3, -0.25) is 4.79 Å². The summed E-state index contributed by atoms with van der Waals surface area (Å²) in [6.07, 6.45) is 5.77. The molecule has 0 saturated carbocycles. The van der Waals surface area contributed by atoms with Gasteiger partial charge in [0.25, 0.3) is 0 Å². The maximum atomic E-state index is 12.1.